The molecule has 2 atom stereocenters. The summed E-state index contributed by atoms with van der Waals surface area (Å²) in [6, 6.07) is 4.38. The zero-order valence-electron chi connectivity index (χ0n) is 15.4. The Morgan fingerprint density at radius 3 is 2.48 bits per heavy atom. The van der Waals surface area contributed by atoms with Crippen LogP contribution in [0.15, 0.2) is 17.5 Å². The molecule has 1 aliphatic rings. The lowest BCUT2D eigenvalue weighted by Crippen LogP contribution is -2.40. The topological polar surface area (TPSA) is 49.6 Å². The molecule has 0 aromatic carbocycles. The number of rotatable bonds is 9. The van der Waals surface area contributed by atoms with E-state index in [0.29, 0.717) is 12.3 Å². The molecule has 1 heterocycles. The van der Waals surface area contributed by atoms with Crippen LogP contribution in [0, 0.1) is 5.92 Å². The number of nitrogens with two attached hydrogens (primary N) is 1. The molecule has 0 bridgehead atoms. The molecule has 0 radical (unpaired) electrons. The van der Waals surface area contributed by atoms with Gasteiger partial charge in [0, 0.05) is 30.4 Å². The van der Waals surface area contributed by atoms with Crippen molar-refractivity contribution in [1.82, 2.24) is 9.80 Å². The summed E-state index contributed by atoms with van der Waals surface area (Å²) in [5, 5.41) is 2.08. The smallest absolute Gasteiger partial charge is 0.223 e. The highest BCUT2D eigenvalue weighted by molar-refractivity contribution is 7.09. The van der Waals surface area contributed by atoms with Crippen molar-refractivity contribution < 1.29 is 4.79 Å². The van der Waals surface area contributed by atoms with E-state index in [9.17, 15) is 4.79 Å². The number of halogens is 2. The van der Waals surface area contributed by atoms with E-state index in [4.69, 9.17) is 5.73 Å². The monoisotopic (exact) mass is 409 g/mol. The second-order valence-electron chi connectivity index (χ2n) is 6.48. The standard InChI is InChI=1S/C18H31N3OS.2ClH/c1-3-20(4-2)10-11-21(14-16-8-6-12-23-16)18(22)13-15-7-5-9-17(15)19;;/h6,8,12,15,17H,3-5,7,9-11,13-14,19H2,1-2H3;2*1H/t15-,17+;;/m0../s1. The fraction of sp³-hybridized carbons (Fsp3) is 0.722. The van der Waals surface area contributed by atoms with Gasteiger partial charge in [-0.1, -0.05) is 26.3 Å². The zero-order chi connectivity index (χ0) is 16.7. The van der Waals surface area contributed by atoms with Gasteiger partial charge in [0.25, 0.3) is 0 Å². The second-order valence-corrected chi connectivity index (χ2v) is 7.51. The van der Waals surface area contributed by atoms with E-state index in [1.54, 1.807) is 11.3 Å². The fourth-order valence-corrected chi connectivity index (χ4v) is 4.08. The molecule has 0 aliphatic heterocycles. The summed E-state index contributed by atoms with van der Waals surface area (Å²) < 4.78 is 0. The molecule has 2 N–H and O–H groups in total. The fourth-order valence-electron chi connectivity index (χ4n) is 3.36. The summed E-state index contributed by atoms with van der Waals surface area (Å²) in [6.45, 7) is 8.90. The second kappa shape index (κ2) is 12.9. The lowest BCUT2D eigenvalue weighted by molar-refractivity contribution is -0.133. The van der Waals surface area contributed by atoms with E-state index in [1.807, 2.05) is 4.90 Å². The van der Waals surface area contributed by atoms with Gasteiger partial charge in [0.1, 0.15) is 0 Å². The molecule has 0 saturated heterocycles. The van der Waals surface area contributed by atoms with Crippen molar-refractivity contribution in [2.24, 2.45) is 11.7 Å². The molecule has 1 saturated carbocycles. The molecule has 1 aromatic heterocycles. The van der Waals surface area contributed by atoms with Gasteiger partial charge in [0.15, 0.2) is 0 Å². The molecule has 146 valence electrons. The van der Waals surface area contributed by atoms with Gasteiger partial charge in [0.2, 0.25) is 5.91 Å². The molecule has 1 aromatic rings. The highest BCUT2D eigenvalue weighted by Gasteiger charge is 2.28. The Morgan fingerprint density at radius 1 is 1.24 bits per heavy atom. The van der Waals surface area contributed by atoms with Crippen LogP contribution in [0.2, 0.25) is 0 Å². The van der Waals surface area contributed by atoms with Crippen molar-refractivity contribution >= 4 is 42.1 Å². The van der Waals surface area contributed by atoms with Gasteiger partial charge in [-0.15, -0.1) is 36.2 Å². The van der Waals surface area contributed by atoms with Gasteiger partial charge in [-0.2, -0.15) is 0 Å². The van der Waals surface area contributed by atoms with Crippen LogP contribution in [0.25, 0.3) is 0 Å². The lowest BCUT2D eigenvalue weighted by atomic mass is 9.99. The SMILES string of the molecule is CCN(CC)CCN(Cc1cccs1)C(=O)C[C@@H]1CCC[C@H]1N.Cl.Cl. The number of hydrogen-bond donors (Lipinski definition) is 1. The first kappa shape index (κ1) is 24.7. The Bertz CT molecular complexity index is 469. The van der Waals surface area contributed by atoms with Crippen molar-refractivity contribution in [3.05, 3.63) is 22.4 Å². The molecule has 2 rings (SSSR count). The highest BCUT2D eigenvalue weighted by Crippen LogP contribution is 2.27. The van der Waals surface area contributed by atoms with E-state index in [2.05, 4.69) is 36.3 Å². The molecule has 25 heavy (non-hydrogen) atoms. The van der Waals surface area contributed by atoms with Gasteiger partial charge in [0.05, 0.1) is 6.54 Å². The van der Waals surface area contributed by atoms with Gasteiger partial charge < -0.3 is 15.5 Å². The lowest BCUT2D eigenvalue weighted by Gasteiger charge is -2.28. The maximum Gasteiger partial charge on any atom is 0.223 e. The Morgan fingerprint density at radius 2 is 1.96 bits per heavy atom. The van der Waals surface area contributed by atoms with Crippen molar-refractivity contribution in [3.63, 3.8) is 0 Å². The summed E-state index contributed by atoms with van der Waals surface area (Å²) in [5.74, 6) is 0.648. The average molecular weight is 410 g/mol. The normalized spacial score (nSPS) is 19.4. The molecule has 1 fully saturated rings. The minimum atomic E-state index is 0. The molecule has 7 heteroatoms. The van der Waals surface area contributed by atoms with Gasteiger partial charge >= 0.3 is 0 Å². The maximum absolute atomic E-state index is 12.8. The van der Waals surface area contributed by atoms with Crippen molar-refractivity contribution in [2.75, 3.05) is 26.2 Å². The number of likely N-dealkylation sites (N-methyl/N-ethyl adjacent to an activating group) is 1. The molecule has 4 nitrogen and oxygen atoms in total. The third-order valence-corrected chi connectivity index (χ3v) is 5.88. The Hall–Kier alpha value is -0.330. The molecule has 1 aliphatic carbocycles. The third-order valence-electron chi connectivity index (χ3n) is 5.01. The Kier molecular flexibility index (Phi) is 12.8. The Labute approximate surface area is 169 Å². The number of hydrogen-bond acceptors (Lipinski definition) is 4. The van der Waals surface area contributed by atoms with Crippen LogP contribution in [0.1, 0.15) is 44.4 Å². The highest BCUT2D eigenvalue weighted by atomic mass is 35.5. The van der Waals surface area contributed by atoms with Crippen LogP contribution in [0.4, 0.5) is 0 Å². The van der Waals surface area contributed by atoms with Crippen molar-refractivity contribution in [1.29, 1.82) is 0 Å². The van der Waals surface area contributed by atoms with Gasteiger partial charge in [-0.3, -0.25) is 4.79 Å². The zero-order valence-corrected chi connectivity index (χ0v) is 17.8. The van der Waals surface area contributed by atoms with E-state index >= 15 is 0 Å². The molecular weight excluding hydrogens is 377 g/mol. The first-order valence-corrected chi connectivity index (χ1v) is 9.80. The maximum atomic E-state index is 12.8. The van der Waals surface area contributed by atoms with E-state index < -0.39 is 0 Å². The predicted molar refractivity (Wildman–Crippen MR) is 112 cm³/mol. The summed E-state index contributed by atoms with van der Waals surface area (Å²) in [6.07, 6.45) is 3.96. The van der Waals surface area contributed by atoms with Gasteiger partial charge in [-0.25, -0.2) is 0 Å². The number of carbonyl (C=O) groups is 1. The summed E-state index contributed by atoms with van der Waals surface area (Å²) in [4.78, 5) is 18.5. The van der Waals surface area contributed by atoms with E-state index in [0.717, 1.165) is 45.6 Å². The molecule has 0 unspecified atom stereocenters. The first-order chi connectivity index (χ1) is 11.1. The number of thiophene rings is 1. The minimum absolute atomic E-state index is 0. The average Bonchev–Trinajstić information content (AvgIpc) is 3.19. The van der Waals surface area contributed by atoms with E-state index in [1.165, 1.54) is 11.3 Å². The van der Waals surface area contributed by atoms with E-state index in [-0.39, 0.29) is 36.8 Å². The first-order valence-electron chi connectivity index (χ1n) is 8.92. The number of carbonyl (C=O) groups excluding carboxylic acids is 1. The van der Waals surface area contributed by atoms with Crippen LogP contribution in [-0.2, 0) is 11.3 Å². The molecular formula is C18H33Cl2N3OS. The molecule has 0 spiro atoms. The van der Waals surface area contributed by atoms with Crippen molar-refractivity contribution in [3.8, 4) is 0 Å². The largest absolute Gasteiger partial charge is 0.336 e. The van der Waals surface area contributed by atoms with Crippen LogP contribution in [0.5, 0.6) is 0 Å². The summed E-state index contributed by atoms with van der Waals surface area (Å²) in [5.41, 5.74) is 6.15. The quantitative estimate of drug-likeness (QED) is 0.674. The third kappa shape index (κ3) is 7.83. The Balaban J connectivity index is 0.00000288. The molecule has 1 amide bonds. The predicted octanol–water partition coefficient (Wildman–Crippen LogP) is 3.78. The van der Waals surface area contributed by atoms with Crippen LogP contribution < -0.4 is 5.73 Å². The summed E-state index contributed by atoms with van der Waals surface area (Å²) in [7, 11) is 0. The number of amides is 1. The summed E-state index contributed by atoms with van der Waals surface area (Å²) >= 11 is 1.73. The van der Waals surface area contributed by atoms with Gasteiger partial charge in [-0.05, 0) is 43.3 Å². The minimum Gasteiger partial charge on any atom is -0.336 e. The van der Waals surface area contributed by atoms with Crippen molar-refractivity contribution in [2.45, 2.75) is 52.1 Å². The van der Waals surface area contributed by atoms with Crippen LogP contribution >= 0.6 is 36.2 Å². The van der Waals surface area contributed by atoms with Crippen LogP contribution in [-0.4, -0.2) is 47.9 Å². The van der Waals surface area contributed by atoms with Crippen LogP contribution in [0.3, 0.4) is 0 Å². The number of nitrogens with zero attached hydrogens (tertiary/aromatic N) is 2.